The lowest BCUT2D eigenvalue weighted by Crippen LogP contribution is -2.31. The molecule has 2 heterocycles. The predicted octanol–water partition coefficient (Wildman–Crippen LogP) is 5.82. The number of amides is 1. The second-order valence-electron chi connectivity index (χ2n) is 6.56. The fourth-order valence-electron chi connectivity index (χ4n) is 3.14. The number of aryl methyl sites for hydroxylation is 1. The van der Waals surface area contributed by atoms with Gasteiger partial charge in [0.15, 0.2) is 5.13 Å². The Balaban J connectivity index is 1.79. The zero-order valence-corrected chi connectivity index (χ0v) is 18.0. The van der Waals surface area contributed by atoms with Crippen LogP contribution in [-0.2, 0) is 13.0 Å². The van der Waals surface area contributed by atoms with Gasteiger partial charge < -0.3 is 0 Å². The first kappa shape index (κ1) is 19.6. The van der Waals surface area contributed by atoms with Crippen LogP contribution in [0.15, 0.2) is 71.8 Å². The van der Waals surface area contributed by atoms with Crippen LogP contribution in [0.4, 0.5) is 5.13 Å². The van der Waals surface area contributed by atoms with Crippen LogP contribution in [0.25, 0.3) is 10.2 Å². The highest BCUT2D eigenvalue weighted by atomic mass is 32.2. The third-order valence-electron chi connectivity index (χ3n) is 4.71. The summed E-state index contributed by atoms with van der Waals surface area (Å²) >= 11 is 3.12. The van der Waals surface area contributed by atoms with Crippen LogP contribution in [-0.4, -0.2) is 22.1 Å². The molecule has 4 aromatic rings. The quantitative estimate of drug-likeness (QED) is 0.369. The Labute approximate surface area is 178 Å². The van der Waals surface area contributed by atoms with Crippen LogP contribution in [0, 0.1) is 0 Å². The lowest BCUT2D eigenvalue weighted by molar-refractivity contribution is 0.0982. The molecule has 4 rings (SSSR count). The number of aromatic nitrogens is 2. The Morgan fingerprint density at radius 3 is 2.69 bits per heavy atom. The largest absolute Gasteiger partial charge is 0.278 e. The van der Waals surface area contributed by atoms with E-state index in [1.54, 1.807) is 34.2 Å². The predicted molar refractivity (Wildman–Crippen MR) is 122 cm³/mol. The molecule has 0 saturated heterocycles. The van der Waals surface area contributed by atoms with E-state index in [1.807, 2.05) is 54.8 Å². The van der Waals surface area contributed by atoms with Gasteiger partial charge in [-0.05, 0) is 54.6 Å². The van der Waals surface area contributed by atoms with E-state index in [4.69, 9.17) is 4.98 Å². The number of thiazole rings is 1. The Morgan fingerprint density at radius 1 is 1.10 bits per heavy atom. The molecular formula is C23H21N3OS2. The number of carbonyl (C=O) groups excluding carboxylic acids is 1. The minimum atomic E-state index is -0.0598. The number of hydrogen-bond donors (Lipinski definition) is 0. The summed E-state index contributed by atoms with van der Waals surface area (Å²) in [6, 6.07) is 19.7. The average Bonchev–Trinajstić information content (AvgIpc) is 3.20. The smallest absolute Gasteiger partial charge is 0.261 e. The van der Waals surface area contributed by atoms with E-state index in [0.29, 0.717) is 17.2 Å². The molecule has 0 spiro atoms. The third kappa shape index (κ3) is 4.18. The standard InChI is InChI=1S/C23H21N3OS2/c1-3-16-11-12-19-21(14-16)29-23(25-19)26(15-17-8-6-7-13-24-17)22(27)18-9-4-5-10-20(18)28-2/h4-14H,3,15H2,1-2H3. The molecule has 0 fully saturated rings. The number of nitrogens with zero attached hydrogens (tertiary/aromatic N) is 3. The van der Waals surface area contributed by atoms with Crippen molar-refractivity contribution in [3.63, 3.8) is 0 Å². The van der Waals surface area contributed by atoms with E-state index >= 15 is 0 Å². The fourth-order valence-corrected chi connectivity index (χ4v) is 4.76. The molecule has 0 aliphatic heterocycles. The van der Waals surface area contributed by atoms with E-state index in [9.17, 15) is 4.79 Å². The molecule has 0 aliphatic rings. The zero-order chi connectivity index (χ0) is 20.2. The summed E-state index contributed by atoms with van der Waals surface area (Å²) in [4.78, 5) is 25.5. The van der Waals surface area contributed by atoms with Crippen LogP contribution in [0.2, 0.25) is 0 Å². The maximum Gasteiger partial charge on any atom is 0.261 e. The fraction of sp³-hybridized carbons (Fsp3) is 0.174. The summed E-state index contributed by atoms with van der Waals surface area (Å²) in [5, 5.41) is 0.694. The zero-order valence-electron chi connectivity index (χ0n) is 16.3. The molecule has 0 radical (unpaired) electrons. The molecule has 29 heavy (non-hydrogen) atoms. The van der Waals surface area contributed by atoms with Gasteiger partial charge >= 0.3 is 0 Å². The number of pyridine rings is 1. The summed E-state index contributed by atoms with van der Waals surface area (Å²) < 4.78 is 1.09. The normalized spacial score (nSPS) is 11.0. The number of thioether (sulfide) groups is 1. The average molecular weight is 420 g/mol. The molecule has 0 bridgehead atoms. The Morgan fingerprint density at radius 2 is 1.93 bits per heavy atom. The van der Waals surface area contributed by atoms with Crippen molar-refractivity contribution in [3.05, 3.63) is 83.7 Å². The number of hydrogen-bond acceptors (Lipinski definition) is 5. The second kappa shape index (κ2) is 8.76. The molecule has 0 aliphatic carbocycles. The van der Waals surface area contributed by atoms with E-state index in [2.05, 4.69) is 24.0 Å². The number of carbonyl (C=O) groups is 1. The maximum absolute atomic E-state index is 13.6. The number of anilines is 1. The Hall–Kier alpha value is -2.70. The van der Waals surface area contributed by atoms with Crippen LogP contribution >= 0.6 is 23.1 Å². The maximum atomic E-state index is 13.6. The van der Waals surface area contributed by atoms with Gasteiger partial charge in [0.1, 0.15) is 0 Å². The van der Waals surface area contributed by atoms with Crippen LogP contribution in [0.5, 0.6) is 0 Å². The minimum Gasteiger partial charge on any atom is -0.278 e. The van der Waals surface area contributed by atoms with Crippen LogP contribution in [0.3, 0.4) is 0 Å². The second-order valence-corrected chi connectivity index (χ2v) is 8.42. The van der Waals surface area contributed by atoms with E-state index in [-0.39, 0.29) is 5.91 Å². The van der Waals surface area contributed by atoms with Gasteiger partial charge in [-0.25, -0.2) is 4.98 Å². The van der Waals surface area contributed by atoms with Crippen molar-refractivity contribution >= 4 is 44.4 Å². The van der Waals surface area contributed by atoms with Gasteiger partial charge in [-0.3, -0.25) is 14.7 Å². The van der Waals surface area contributed by atoms with Crippen molar-refractivity contribution < 1.29 is 4.79 Å². The summed E-state index contributed by atoms with van der Waals surface area (Å²) in [5.74, 6) is -0.0598. The third-order valence-corrected chi connectivity index (χ3v) is 6.55. The molecule has 0 saturated carbocycles. The highest BCUT2D eigenvalue weighted by Gasteiger charge is 2.24. The highest BCUT2D eigenvalue weighted by molar-refractivity contribution is 7.98. The van der Waals surface area contributed by atoms with E-state index in [0.717, 1.165) is 27.2 Å². The topological polar surface area (TPSA) is 46.1 Å². The molecule has 0 unspecified atom stereocenters. The molecule has 0 N–H and O–H groups in total. The van der Waals surface area contributed by atoms with Gasteiger partial charge in [0.25, 0.3) is 5.91 Å². The lowest BCUT2D eigenvalue weighted by atomic mass is 10.2. The minimum absolute atomic E-state index is 0.0598. The molecule has 1 amide bonds. The van der Waals surface area contributed by atoms with Gasteiger partial charge in [-0.1, -0.05) is 42.5 Å². The SMILES string of the molecule is CCc1ccc2nc(N(Cc3ccccn3)C(=O)c3ccccc3SC)sc2c1. The summed E-state index contributed by atoms with van der Waals surface area (Å²) in [6.07, 6.45) is 4.71. The Kier molecular flexibility index (Phi) is 5.92. The first-order valence-electron chi connectivity index (χ1n) is 9.44. The van der Waals surface area contributed by atoms with Crippen molar-refractivity contribution in [3.8, 4) is 0 Å². The van der Waals surface area contributed by atoms with Crippen molar-refractivity contribution in [1.82, 2.24) is 9.97 Å². The molecule has 2 aromatic heterocycles. The van der Waals surface area contributed by atoms with Gasteiger partial charge in [0, 0.05) is 11.1 Å². The molecular weight excluding hydrogens is 398 g/mol. The highest BCUT2D eigenvalue weighted by Crippen LogP contribution is 2.32. The van der Waals surface area contributed by atoms with Gasteiger partial charge in [0.05, 0.1) is 28.0 Å². The van der Waals surface area contributed by atoms with Gasteiger partial charge in [-0.2, -0.15) is 0 Å². The molecule has 2 aromatic carbocycles. The Bertz CT molecular complexity index is 1140. The van der Waals surface area contributed by atoms with Crippen molar-refractivity contribution in [1.29, 1.82) is 0 Å². The summed E-state index contributed by atoms with van der Waals surface area (Å²) in [5.41, 5.74) is 3.70. The molecule has 0 atom stereocenters. The van der Waals surface area contributed by atoms with E-state index < -0.39 is 0 Å². The van der Waals surface area contributed by atoms with Crippen molar-refractivity contribution in [2.24, 2.45) is 0 Å². The van der Waals surface area contributed by atoms with E-state index in [1.165, 1.54) is 5.56 Å². The number of fused-ring (bicyclic) bond motifs is 1. The number of rotatable bonds is 6. The molecule has 6 heteroatoms. The first-order chi connectivity index (χ1) is 14.2. The summed E-state index contributed by atoms with van der Waals surface area (Å²) in [6.45, 7) is 2.52. The molecule has 146 valence electrons. The van der Waals surface area contributed by atoms with Gasteiger partial charge in [0.2, 0.25) is 0 Å². The molecule has 4 nitrogen and oxygen atoms in total. The summed E-state index contributed by atoms with van der Waals surface area (Å²) in [7, 11) is 0. The lowest BCUT2D eigenvalue weighted by Gasteiger charge is -2.20. The van der Waals surface area contributed by atoms with Crippen molar-refractivity contribution in [2.75, 3.05) is 11.2 Å². The van der Waals surface area contributed by atoms with Crippen LogP contribution < -0.4 is 4.90 Å². The first-order valence-corrected chi connectivity index (χ1v) is 11.5. The van der Waals surface area contributed by atoms with Crippen molar-refractivity contribution in [2.45, 2.75) is 24.8 Å². The number of benzene rings is 2. The van der Waals surface area contributed by atoms with Crippen LogP contribution in [0.1, 0.15) is 28.5 Å². The monoisotopic (exact) mass is 419 g/mol. The van der Waals surface area contributed by atoms with Gasteiger partial charge in [-0.15, -0.1) is 11.8 Å².